The molecule has 1 aromatic carbocycles. The molecule has 2 rings (SSSR count). The third-order valence-corrected chi connectivity index (χ3v) is 5.33. The number of anilines is 2. The molecule has 0 saturated heterocycles. The number of thioether (sulfide) groups is 1. The van der Waals surface area contributed by atoms with Gasteiger partial charge in [-0.15, -0.1) is 0 Å². The van der Waals surface area contributed by atoms with Crippen LogP contribution in [0.4, 0.5) is 11.9 Å². The quantitative estimate of drug-likeness (QED) is 0.312. The van der Waals surface area contributed by atoms with Crippen LogP contribution in [-0.2, 0) is 10.0 Å². The highest BCUT2D eigenvalue weighted by molar-refractivity contribution is 7.99. The molecule has 2 aromatic rings. The minimum absolute atomic E-state index is 0.0321. The lowest BCUT2D eigenvalue weighted by Gasteiger charge is -2.18. The van der Waals surface area contributed by atoms with Crippen molar-refractivity contribution in [2.24, 2.45) is 5.92 Å². The van der Waals surface area contributed by atoms with E-state index >= 15 is 0 Å². The monoisotopic (exact) mass is 469 g/mol. The predicted molar refractivity (Wildman–Crippen MR) is 120 cm³/mol. The normalized spacial score (nSPS) is 12.5. The van der Waals surface area contributed by atoms with Crippen molar-refractivity contribution >= 4 is 39.5 Å². The van der Waals surface area contributed by atoms with E-state index in [1.54, 1.807) is 24.3 Å². The largest absolute Gasteiger partial charge is 0.497 e. The first-order chi connectivity index (χ1) is 14.6. The number of sulfonamides is 1. The fourth-order valence-electron chi connectivity index (χ4n) is 2.64. The van der Waals surface area contributed by atoms with E-state index in [2.05, 4.69) is 25.0 Å². The Kier molecular flexibility index (Phi) is 9.01. The van der Waals surface area contributed by atoms with Crippen molar-refractivity contribution in [2.45, 2.75) is 31.5 Å². The molecule has 0 aliphatic heterocycles. The molecule has 1 aromatic heterocycles. The van der Waals surface area contributed by atoms with Gasteiger partial charge in [0.05, 0.1) is 31.8 Å². The Bertz CT molecular complexity index is 1000. The average Bonchev–Trinajstić information content (AvgIpc) is 2.69. The zero-order valence-corrected chi connectivity index (χ0v) is 19.5. The van der Waals surface area contributed by atoms with Crippen LogP contribution in [0.5, 0.6) is 5.75 Å². The van der Waals surface area contributed by atoms with E-state index in [0.717, 1.165) is 18.0 Å². The first kappa shape index (κ1) is 24.8. The molecular formula is C19H27N5O5S2. The molecule has 0 aliphatic carbocycles. The number of ketones is 1. The van der Waals surface area contributed by atoms with Crippen LogP contribution in [0.15, 0.2) is 29.4 Å². The summed E-state index contributed by atoms with van der Waals surface area (Å²) in [6.07, 6.45) is 1.64. The van der Waals surface area contributed by atoms with E-state index in [1.807, 2.05) is 13.8 Å². The van der Waals surface area contributed by atoms with Gasteiger partial charge in [0, 0.05) is 5.56 Å². The Morgan fingerprint density at radius 1 is 1.23 bits per heavy atom. The molecule has 31 heavy (non-hydrogen) atoms. The Morgan fingerprint density at radius 2 is 1.94 bits per heavy atom. The van der Waals surface area contributed by atoms with Crippen molar-refractivity contribution in [1.82, 2.24) is 15.0 Å². The summed E-state index contributed by atoms with van der Waals surface area (Å²) in [7, 11) is -2.09. The Hall–Kier alpha value is -2.44. The predicted octanol–water partition coefficient (Wildman–Crippen LogP) is 2.05. The summed E-state index contributed by atoms with van der Waals surface area (Å²) in [6.45, 7) is 3.88. The molecule has 0 aliphatic rings. The molecule has 0 bridgehead atoms. The first-order valence-electron chi connectivity index (χ1n) is 9.51. The van der Waals surface area contributed by atoms with E-state index in [0.29, 0.717) is 23.7 Å². The van der Waals surface area contributed by atoms with Crippen LogP contribution in [0.1, 0.15) is 30.6 Å². The summed E-state index contributed by atoms with van der Waals surface area (Å²) in [6, 6.07) is 6.47. The van der Waals surface area contributed by atoms with Crippen molar-refractivity contribution in [2.75, 3.05) is 35.8 Å². The van der Waals surface area contributed by atoms with Crippen LogP contribution in [0.2, 0.25) is 0 Å². The Morgan fingerprint density at radius 3 is 2.55 bits per heavy atom. The number of ether oxygens (including phenoxy) is 1. The Balaban J connectivity index is 2.21. The van der Waals surface area contributed by atoms with Crippen molar-refractivity contribution in [3.63, 3.8) is 0 Å². The topological polar surface area (TPSA) is 143 Å². The molecule has 12 heteroatoms. The van der Waals surface area contributed by atoms with Gasteiger partial charge in [0.25, 0.3) is 0 Å². The highest BCUT2D eigenvalue weighted by atomic mass is 32.2. The first-order valence-corrected chi connectivity index (χ1v) is 12.4. The number of carbonyl (C=O) groups excluding carboxylic acids is 1. The third kappa shape index (κ3) is 8.67. The van der Waals surface area contributed by atoms with Crippen LogP contribution in [0.25, 0.3) is 0 Å². The average molecular weight is 470 g/mol. The fraction of sp³-hybridized carbons (Fsp3) is 0.474. The molecular weight excluding hydrogens is 442 g/mol. The number of nitrogens with zero attached hydrogens (tertiary/aromatic N) is 3. The van der Waals surface area contributed by atoms with Crippen LogP contribution in [-0.4, -0.2) is 66.0 Å². The molecule has 0 saturated carbocycles. The smallest absolute Gasteiger partial charge is 0.242 e. The Labute approximate surface area is 186 Å². The molecule has 0 fully saturated rings. The van der Waals surface area contributed by atoms with Crippen LogP contribution >= 0.6 is 11.8 Å². The molecule has 0 amide bonds. The summed E-state index contributed by atoms with van der Waals surface area (Å²) in [5.41, 5.74) is 0.478. The number of nitrogens with one attached hydrogen (secondary N) is 2. The lowest BCUT2D eigenvalue weighted by atomic mass is 10.0. The van der Waals surface area contributed by atoms with Crippen molar-refractivity contribution in [3.8, 4) is 5.75 Å². The third-order valence-electron chi connectivity index (χ3n) is 3.93. The van der Waals surface area contributed by atoms with Gasteiger partial charge >= 0.3 is 0 Å². The van der Waals surface area contributed by atoms with E-state index in [4.69, 9.17) is 4.74 Å². The lowest BCUT2D eigenvalue weighted by Crippen LogP contribution is -2.27. The molecule has 10 nitrogen and oxygen atoms in total. The molecule has 0 radical (unpaired) electrons. The van der Waals surface area contributed by atoms with Gasteiger partial charge in [0.2, 0.25) is 21.9 Å². The number of benzene rings is 1. The zero-order valence-electron chi connectivity index (χ0n) is 17.8. The van der Waals surface area contributed by atoms with Crippen LogP contribution < -0.4 is 14.8 Å². The summed E-state index contributed by atoms with van der Waals surface area (Å²) >= 11 is 1.05. The van der Waals surface area contributed by atoms with E-state index in [-0.39, 0.29) is 41.2 Å². The van der Waals surface area contributed by atoms with Crippen LogP contribution in [0.3, 0.4) is 0 Å². The van der Waals surface area contributed by atoms with E-state index in [9.17, 15) is 18.3 Å². The molecule has 1 atom stereocenters. The number of hydrogen-bond acceptors (Lipinski definition) is 10. The lowest BCUT2D eigenvalue weighted by molar-refractivity contribution is 0.102. The fourth-order valence-corrected chi connectivity index (χ4v) is 3.79. The maximum Gasteiger partial charge on any atom is 0.242 e. The minimum atomic E-state index is -3.62. The highest BCUT2D eigenvalue weighted by Crippen LogP contribution is 2.21. The van der Waals surface area contributed by atoms with Gasteiger partial charge in [0.1, 0.15) is 5.75 Å². The van der Waals surface area contributed by atoms with E-state index in [1.165, 1.54) is 7.11 Å². The number of Topliss-reactive ketones (excluding diaryl/α,β-unsaturated/α-hetero) is 1. The van der Waals surface area contributed by atoms with E-state index < -0.39 is 10.0 Å². The van der Waals surface area contributed by atoms with Gasteiger partial charge in [-0.1, -0.05) is 37.7 Å². The van der Waals surface area contributed by atoms with Crippen molar-refractivity contribution in [3.05, 3.63) is 29.8 Å². The van der Waals surface area contributed by atoms with Gasteiger partial charge < -0.3 is 15.2 Å². The summed E-state index contributed by atoms with van der Waals surface area (Å²) < 4.78 is 30.6. The van der Waals surface area contributed by atoms with Gasteiger partial charge in [-0.05, 0) is 24.5 Å². The minimum Gasteiger partial charge on any atom is -0.497 e. The number of rotatable bonds is 12. The number of methoxy groups -OCH3 is 1. The molecule has 3 N–H and O–H groups in total. The van der Waals surface area contributed by atoms with Gasteiger partial charge in [0.15, 0.2) is 10.9 Å². The number of carbonyl (C=O) groups is 1. The van der Waals surface area contributed by atoms with Gasteiger partial charge in [-0.2, -0.15) is 15.0 Å². The second-order valence-electron chi connectivity index (χ2n) is 7.24. The molecule has 170 valence electrons. The number of hydrogen-bond donors (Lipinski definition) is 3. The number of aliphatic hydroxyl groups is 1. The number of aliphatic hydroxyl groups excluding tert-OH is 1. The SMILES string of the molecule is COc1cccc(C(=O)CSc2nc(N[C@@H](CO)CC(C)C)nc(NS(C)(=O)=O)n2)c1. The molecule has 1 heterocycles. The van der Waals surface area contributed by atoms with Gasteiger partial charge in [-0.3, -0.25) is 9.52 Å². The zero-order chi connectivity index (χ0) is 23.0. The second kappa shape index (κ2) is 11.3. The summed E-state index contributed by atoms with van der Waals surface area (Å²) in [4.78, 5) is 24.9. The standard InChI is InChI=1S/C19H27N5O5S2/c1-12(2)8-14(10-25)20-17-21-18(24-31(4,27)28)23-19(22-17)30-11-16(26)13-6-5-7-15(9-13)29-3/h5-7,9,12,14,25H,8,10-11H2,1-4H3,(H2,20,21,22,23,24)/t14-/m1/s1. The van der Waals surface area contributed by atoms with Crippen molar-refractivity contribution in [1.29, 1.82) is 0 Å². The second-order valence-corrected chi connectivity index (χ2v) is 9.93. The van der Waals surface area contributed by atoms with Crippen LogP contribution in [0, 0.1) is 5.92 Å². The highest BCUT2D eigenvalue weighted by Gasteiger charge is 2.16. The van der Waals surface area contributed by atoms with Gasteiger partial charge in [-0.25, -0.2) is 8.42 Å². The maximum atomic E-state index is 12.5. The maximum absolute atomic E-state index is 12.5. The molecule has 0 unspecified atom stereocenters. The van der Waals surface area contributed by atoms with Crippen molar-refractivity contribution < 1.29 is 23.1 Å². The number of aromatic nitrogens is 3. The molecule has 0 spiro atoms. The summed E-state index contributed by atoms with van der Waals surface area (Å²) in [5, 5.41) is 12.8. The summed E-state index contributed by atoms with van der Waals surface area (Å²) in [5.74, 6) is 0.695.